The number of carbonyl (C=O) groups excluding carboxylic acids is 1. The summed E-state index contributed by atoms with van der Waals surface area (Å²) in [5, 5.41) is 16.6. The Balaban J connectivity index is 1.92. The molecule has 0 radical (unpaired) electrons. The van der Waals surface area contributed by atoms with Crippen LogP contribution in [0.1, 0.15) is 39.7 Å². The van der Waals surface area contributed by atoms with Crippen molar-refractivity contribution in [3.05, 3.63) is 35.4 Å². The van der Waals surface area contributed by atoms with Crippen LogP contribution in [0.15, 0.2) is 18.2 Å². The quantitative estimate of drug-likeness (QED) is 0.607. The van der Waals surface area contributed by atoms with Gasteiger partial charge in [0, 0.05) is 19.5 Å². The first-order valence-corrected chi connectivity index (χ1v) is 9.90. The molecule has 29 heavy (non-hydrogen) atoms. The van der Waals surface area contributed by atoms with Gasteiger partial charge in [-0.3, -0.25) is 4.79 Å². The first-order valence-electron chi connectivity index (χ1n) is 9.90. The summed E-state index contributed by atoms with van der Waals surface area (Å²) in [4.78, 5) is 11.6. The summed E-state index contributed by atoms with van der Waals surface area (Å²) in [6.45, 7) is 8.89. The molecule has 0 spiro atoms. The zero-order valence-electron chi connectivity index (χ0n) is 17.5. The molecule has 8 heteroatoms. The Hall–Kier alpha value is -1.61. The average molecular weight is 414 g/mol. The molecule has 1 saturated heterocycles. The van der Waals surface area contributed by atoms with Crippen LogP contribution in [0.25, 0.3) is 0 Å². The van der Waals surface area contributed by atoms with Crippen molar-refractivity contribution in [3.8, 4) is 0 Å². The Morgan fingerprint density at radius 3 is 2.52 bits per heavy atom. The van der Waals surface area contributed by atoms with Crippen LogP contribution >= 0.6 is 0 Å². The normalized spacial score (nSPS) is 22.2. The van der Waals surface area contributed by atoms with Gasteiger partial charge < -0.3 is 25.2 Å². The third-order valence-electron chi connectivity index (χ3n) is 4.76. The van der Waals surface area contributed by atoms with Crippen molar-refractivity contribution in [2.45, 2.75) is 65.0 Å². The van der Waals surface area contributed by atoms with E-state index in [0.29, 0.717) is 18.7 Å². The van der Waals surface area contributed by atoms with Gasteiger partial charge in [0.15, 0.2) is 6.29 Å². The smallest absolute Gasteiger partial charge is 0.217 e. The number of morpholine rings is 1. The predicted octanol–water partition coefficient (Wildman–Crippen LogP) is 2.14. The van der Waals surface area contributed by atoms with Crippen LogP contribution in [0.5, 0.6) is 0 Å². The maximum atomic E-state index is 13.5. The topological polar surface area (TPSA) is 79.8 Å². The van der Waals surface area contributed by atoms with Gasteiger partial charge in [-0.05, 0) is 36.0 Å². The number of rotatable bonds is 8. The fourth-order valence-electron chi connectivity index (χ4n) is 3.18. The van der Waals surface area contributed by atoms with Crippen molar-refractivity contribution in [3.63, 3.8) is 0 Å². The highest BCUT2D eigenvalue weighted by Gasteiger charge is 2.33. The van der Waals surface area contributed by atoms with Crippen molar-refractivity contribution in [2.24, 2.45) is 5.41 Å². The summed E-state index contributed by atoms with van der Waals surface area (Å²) in [5.74, 6) is -1.75. The molecule has 1 amide bonds. The summed E-state index contributed by atoms with van der Waals surface area (Å²) in [6.07, 6.45) is -0.439. The van der Waals surface area contributed by atoms with Crippen LogP contribution in [0, 0.1) is 17.0 Å². The van der Waals surface area contributed by atoms with Gasteiger partial charge in [-0.15, -0.1) is 0 Å². The Kier molecular flexibility index (Phi) is 8.51. The Morgan fingerprint density at radius 2 is 2.00 bits per heavy atom. The van der Waals surface area contributed by atoms with E-state index in [4.69, 9.17) is 9.47 Å². The highest BCUT2D eigenvalue weighted by molar-refractivity contribution is 5.73. The molecule has 0 aromatic heterocycles. The van der Waals surface area contributed by atoms with Gasteiger partial charge in [-0.1, -0.05) is 20.8 Å². The molecule has 1 aliphatic rings. The lowest BCUT2D eigenvalue weighted by molar-refractivity contribution is -0.174. The number of halogens is 2. The van der Waals surface area contributed by atoms with Gasteiger partial charge in [0.25, 0.3) is 0 Å². The molecule has 0 unspecified atom stereocenters. The maximum Gasteiger partial charge on any atom is 0.217 e. The van der Waals surface area contributed by atoms with E-state index < -0.39 is 36.1 Å². The minimum atomic E-state index is -1.01. The van der Waals surface area contributed by atoms with Crippen LogP contribution in [0.4, 0.5) is 8.78 Å². The zero-order chi connectivity index (χ0) is 21.6. The lowest BCUT2D eigenvalue weighted by Crippen LogP contribution is -2.59. The summed E-state index contributed by atoms with van der Waals surface area (Å²) in [7, 11) is 0. The van der Waals surface area contributed by atoms with Crippen LogP contribution in [-0.4, -0.2) is 55.2 Å². The van der Waals surface area contributed by atoms with Gasteiger partial charge in [0.1, 0.15) is 11.6 Å². The molecule has 4 atom stereocenters. The highest BCUT2D eigenvalue weighted by atomic mass is 19.1. The summed E-state index contributed by atoms with van der Waals surface area (Å²) in [5.41, 5.74) is 0.517. The van der Waals surface area contributed by atoms with Crippen molar-refractivity contribution in [2.75, 3.05) is 19.8 Å². The van der Waals surface area contributed by atoms with Gasteiger partial charge >= 0.3 is 0 Å². The van der Waals surface area contributed by atoms with Gasteiger partial charge in [0.05, 0.1) is 31.4 Å². The zero-order valence-corrected chi connectivity index (χ0v) is 17.5. The van der Waals surface area contributed by atoms with E-state index in [1.165, 1.54) is 19.1 Å². The lowest BCUT2D eigenvalue weighted by atomic mass is 9.93. The summed E-state index contributed by atoms with van der Waals surface area (Å²) < 4.78 is 38.4. The second-order valence-electron chi connectivity index (χ2n) is 8.74. The Labute approximate surface area is 171 Å². The van der Waals surface area contributed by atoms with Crippen molar-refractivity contribution in [1.29, 1.82) is 0 Å². The van der Waals surface area contributed by atoms with E-state index in [2.05, 4.69) is 31.4 Å². The number of ether oxygens (including phenoxy) is 2. The molecule has 1 aromatic carbocycles. The van der Waals surface area contributed by atoms with Crippen molar-refractivity contribution >= 4 is 5.91 Å². The molecule has 0 saturated carbocycles. The monoisotopic (exact) mass is 414 g/mol. The third kappa shape index (κ3) is 8.34. The molecule has 0 aliphatic carbocycles. The number of aliphatic hydroxyl groups excluding tert-OH is 1. The van der Waals surface area contributed by atoms with Gasteiger partial charge in [0.2, 0.25) is 5.91 Å². The molecule has 1 aromatic rings. The maximum absolute atomic E-state index is 13.5. The van der Waals surface area contributed by atoms with Gasteiger partial charge in [-0.2, -0.15) is 0 Å². The number of amides is 1. The second-order valence-corrected chi connectivity index (χ2v) is 8.74. The van der Waals surface area contributed by atoms with E-state index in [1.54, 1.807) is 0 Å². The van der Waals surface area contributed by atoms with E-state index in [-0.39, 0.29) is 24.3 Å². The number of hydrogen-bond donors (Lipinski definition) is 3. The van der Waals surface area contributed by atoms with Crippen molar-refractivity contribution in [1.82, 2.24) is 10.6 Å². The predicted molar refractivity (Wildman–Crippen MR) is 105 cm³/mol. The number of aliphatic hydroxyl groups is 1. The molecule has 3 N–H and O–H groups in total. The Morgan fingerprint density at radius 1 is 1.34 bits per heavy atom. The van der Waals surface area contributed by atoms with Crippen molar-refractivity contribution < 1.29 is 28.2 Å². The SMILES string of the molecule is CC(=O)N[C@@H](Cc1cc(F)cc(F)c1)[C@H](O)[C@H]1CO[C@@H](OCCC(C)(C)C)CN1. The molecule has 1 aliphatic heterocycles. The van der Waals surface area contributed by atoms with E-state index >= 15 is 0 Å². The van der Waals surface area contributed by atoms with E-state index in [0.717, 1.165) is 12.5 Å². The van der Waals surface area contributed by atoms with Crippen LogP contribution < -0.4 is 10.6 Å². The fourth-order valence-corrected chi connectivity index (χ4v) is 3.18. The lowest BCUT2D eigenvalue weighted by Gasteiger charge is -2.36. The molecule has 6 nitrogen and oxygen atoms in total. The van der Waals surface area contributed by atoms with Crippen LogP contribution in [0.2, 0.25) is 0 Å². The Bertz CT molecular complexity index is 653. The molecule has 0 bridgehead atoms. The fraction of sp³-hybridized carbons (Fsp3) is 0.667. The number of benzene rings is 1. The van der Waals surface area contributed by atoms with Crippen LogP contribution in [0.3, 0.4) is 0 Å². The third-order valence-corrected chi connectivity index (χ3v) is 4.76. The minimum Gasteiger partial charge on any atom is -0.389 e. The number of nitrogens with one attached hydrogen (secondary N) is 2. The first kappa shape index (κ1) is 23.7. The van der Waals surface area contributed by atoms with Gasteiger partial charge in [-0.25, -0.2) is 8.78 Å². The minimum absolute atomic E-state index is 0.0825. The standard InChI is InChI=1S/C21H32F2N2O4/c1-13(26)25-17(9-14-7-15(22)10-16(23)8-14)20(27)18-12-29-19(11-24-18)28-6-5-21(2,3)4/h7-8,10,17-20,24,27H,5-6,9,11-12H2,1-4H3,(H,25,26)/t17-,18+,19+,20-/m0/s1. The molecule has 164 valence electrons. The number of carbonyl (C=O) groups is 1. The summed E-state index contributed by atoms with van der Waals surface area (Å²) in [6, 6.07) is 1.98. The summed E-state index contributed by atoms with van der Waals surface area (Å²) >= 11 is 0. The highest BCUT2D eigenvalue weighted by Crippen LogP contribution is 2.19. The molecule has 1 fully saturated rings. The molecule has 2 rings (SSSR count). The molecule has 1 heterocycles. The van der Waals surface area contributed by atoms with E-state index in [1.807, 2.05) is 0 Å². The largest absolute Gasteiger partial charge is 0.389 e. The second kappa shape index (κ2) is 10.4. The van der Waals surface area contributed by atoms with E-state index in [9.17, 15) is 18.7 Å². The first-order chi connectivity index (χ1) is 13.5. The molecular formula is C21H32F2N2O4. The average Bonchev–Trinajstić information content (AvgIpc) is 2.59. The van der Waals surface area contributed by atoms with Crippen LogP contribution in [-0.2, 0) is 20.7 Å². The molecular weight excluding hydrogens is 382 g/mol. The number of hydrogen-bond acceptors (Lipinski definition) is 5.